The number of rotatable bonds is 22. The van der Waals surface area contributed by atoms with Gasteiger partial charge in [0.05, 0.1) is 0 Å². The zero-order valence-corrected chi connectivity index (χ0v) is 29.5. The first-order chi connectivity index (χ1) is 21.9. The number of carbonyl (C=O) groups is 2. The third-order valence-corrected chi connectivity index (χ3v) is 7.49. The molecule has 0 saturated carbocycles. The fraction of sp³-hybridized carbons (Fsp3) is 0.588. The van der Waals surface area contributed by atoms with Crippen LogP contribution in [0.4, 0.5) is 35.1 Å². The number of ketones is 2. The molecule has 0 N–H and O–H groups in total. The highest BCUT2D eigenvalue weighted by molar-refractivity contribution is 7.33. The second kappa shape index (κ2) is 20.0. The van der Waals surface area contributed by atoms with Gasteiger partial charge in [0.2, 0.25) is 11.6 Å². The summed E-state index contributed by atoms with van der Waals surface area (Å²) in [6.07, 6.45) is -0.414. The molecule has 0 unspecified atom stereocenters. The Morgan fingerprint density at radius 1 is 0.500 bits per heavy atom. The smallest absolute Gasteiger partial charge is 0.288 e. The molecule has 0 aromatic rings. The third kappa shape index (κ3) is 16.1. The van der Waals surface area contributed by atoms with E-state index in [4.69, 9.17) is 0 Å². The lowest BCUT2D eigenvalue weighted by molar-refractivity contribution is -0.315. The average Bonchev–Trinajstić information content (AvgIpc) is 2.91. The molecule has 0 aliphatic carbocycles. The molecule has 0 aliphatic rings. The van der Waals surface area contributed by atoms with Crippen LogP contribution in [0.25, 0.3) is 0 Å². The zero-order chi connectivity index (χ0) is 37.5. The van der Waals surface area contributed by atoms with Gasteiger partial charge >= 0.3 is 32.3 Å². The predicted octanol–water partition coefficient (Wildman–Crippen LogP) is 12.1. The zero-order valence-electron chi connectivity index (χ0n) is 28.6. The first kappa shape index (κ1) is 45.2. The van der Waals surface area contributed by atoms with Crippen LogP contribution in [-0.4, -0.2) is 35.6 Å². The summed E-state index contributed by atoms with van der Waals surface area (Å²) in [5.74, 6) is -16.5. The van der Waals surface area contributed by atoms with Crippen molar-refractivity contribution >= 4 is 19.8 Å². The highest BCUT2D eigenvalue weighted by Gasteiger charge is 2.72. The molecule has 0 amide bonds. The quantitative estimate of drug-likeness (QED) is 0.0483. The number of carbonyl (C=O) groups excluding carboxylic acids is 2. The summed E-state index contributed by atoms with van der Waals surface area (Å²) in [6, 6.07) is 0. The van der Waals surface area contributed by atoms with Gasteiger partial charge in [0, 0.05) is 4.57 Å². The molecule has 0 aromatic carbocycles. The van der Waals surface area contributed by atoms with Crippen molar-refractivity contribution in [3.8, 4) is 0 Å². The molecular weight excluding hydrogens is 671 g/mol. The summed E-state index contributed by atoms with van der Waals surface area (Å²) in [5.41, 5.74) is 4.13. The van der Waals surface area contributed by atoms with Crippen LogP contribution in [0.1, 0.15) is 107 Å². The highest BCUT2D eigenvalue weighted by atomic mass is 31.1. The molecule has 0 saturated heterocycles. The minimum absolute atomic E-state index is 0.0296. The van der Waals surface area contributed by atoms with E-state index in [1.54, 1.807) is 12.2 Å². The van der Waals surface area contributed by atoms with Crippen molar-refractivity contribution in [1.29, 1.82) is 0 Å². The second-order valence-corrected chi connectivity index (χ2v) is 12.9. The van der Waals surface area contributed by atoms with Crippen molar-refractivity contribution < 1.29 is 58.3 Å². The van der Waals surface area contributed by atoms with Gasteiger partial charge in [0.25, 0.3) is 0 Å². The van der Waals surface area contributed by atoms with Crippen molar-refractivity contribution in [2.24, 2.45) is 0 Å². The average molecular weight is 718 g/mol. The molecule has 5 nitrogen and oxygen atoms in total. The summed E-state index contributed by atoms with van der Waals surface area (Å²) >= 11 is 0. The van der Waals surface area contributed by atoms with Gasteiger partial charge in [0.1, 0.15) is 0 Å². The van der Waals surface area contributed by atoms with Crippen LogP contribution in [0.3, 0.4) is 0 Å². The first-order valence-electron chi connectivity index (χ1n) is 15.2. The van der Waals surface area contributed by atoms with Crippen LogP contribution in [0.15, 0.2) is 69.9 Å². The van der Waals surface area contributed by atoms with Gasteiger partial charge in [-0.05, 0) is 128 Å². The molecular formula is C34H46F8O5P+. The Balaban J connectivity index is 5.38. The maximum atomic E-state index is 14.3. The second-order valence-electron chi connectivity index (χ2n) is 12.1. The summed E-state index contributed by atoms with van der Waals surface area (Å²) in [7, 11) is -5.11. The molecule has 0 fully saturated rings. The molecule has 0 radical (unpaired) electrons. The maximum Gasteiger partial charge on any atom is 0.710 e. The van der Waals surface area contributed by atoms with E-state index >= 15 is 0 Å². The number of hydrogen-bond donors (Lipinski definition) is 0. The van der Waals surface area contributed by atoms with Crippen LogP contribution in [0.5, 0.6) is 0 Å². The number of alkyl halides is 8. The van der Waals surface area contributed by atoms with Gasteiger partial charge in [-0.25, -0.2) is 0 Å². The standard InChI is InChI=1S/C34H46F8O5P/c1-23(2)13-9-15-25(5)17-11-19-27(7)21-29(43)31(35,36)33(39,40)46-48(45)47-34(41,42)32(37,38)30(44)22-28(8)20-12-18-26(6)16-10-14-24(3)4/h13-14,17-18,21-22H,9-12,15-16,19-20H2,1-8H3/q+1/b25-17+,26-18+,27-21+,28-22+. The number of allylic oxidation sites excluding steroid dienone is 12. The SMILES string of the molecule is CC(C)=CCC/C(C)=C/CC/C(C)=C/C(=O)C(F)(F)C(F)(F)O[P+](=O)OC(F)(F)C(F)(F)C(=O)/C=C(\C)CC/C=C(\C)CCC=C(C)C. The van der Waals surface area contributed by atoms with E-state index in [1.165, 1.54) is 13.8 Å². The Bertz CT molecular complexity index is 1220. The minimum Gasteiger partial charge on any atom is -0.288 e. The molecule has 0 heterocycles. The first-order valence-corrected chi connectivity index (χ1v) is 16.3. The molecule has 0 aromatic heterocycles. The lowest BCUT2D eigenvalue weighted by Gasteiger charge is -2.21. The monoisotopic (exact) mass is 717 g/mol. The Morgan fingerprint density at radius 3 is 1.06 bits per heavy atom. The summed E-state index contributed by atoms with van der Waals surface area (Å²) in [6.45, 7) is 13.8. The van der Waals surface area contributed by atoms with Crippen molar-refractivity contribution in [3.63, 3.8) is 0 Å². The van der Waals surface area contributed by atoms with Gasteiger partial charge in [-0.3, -0.25) is 9.59 Å². The van der Waals surface area contributed by atoms with Crippen LogP contribution >= 0.6 is 8.25 Å². The Labute approximate surface area is 278 Å². The predicted molar refractivity (Wildman–Crippen MR) is 170 cm³/mol. The van der Waals surface area contributed by atoms with Crippen LogP contribution in [0, 0.1) is 0 Å². The molecule has 48 heavy (non-hydrogen) atoms. The van der Waals surface area contributed by atoms with E-state index in [9.17, 15) is 49.3 Å². The van der Waals surface area contributed by atoms with E-state index < -0.39 is 43.9 Å². The maximum absolute atomic E-state index is 14.3. The topological polar surface area (TPSA) is 69.7 Å². The van der Waals surface area contributed by atoms with Gasteiger partial charge in [-0.2, -0.15) is 35.1 Å². The molecule has 14 heteroatoms. The summed E-state index contributed by atoms with van der Waals surface area (Å²) in [4.78, 5) is 23.9. The van der Waals surface area contributed by atoms with Crippen molar-refractivity contribution in [3.05, 3.63) is 69.9 Å². The van der Waals surface area contributed by atoms with Crippen LogP contribution in [-0.2, 0) is 23.2 Å². The van der Waals surface area contributed by atoms with Crippen molar-refractivity contribution in [2.45, 2.75) is 131 Å². The molecule has 0 bridgehead atoms. The van der Waals surface area contributed by atoms with Gasteiger partial charge in [-0.1, -0.05) is 57.7 Å². The molecule has 0 atom stereocenters. The van der Waals surface area contributed by atoms with Crippen molar-refractivity contribution in [1.82, 2.24) is 0 Å². The van der Waals surface area contributed by atoms with Crippen LogP contribution in [0.2, 0.25) is 0 Å². The van der Waals surface area contributed by atoms with E-state index in [-0.39, 0.29) is 36.1 Å². The van der Waals surface area contributed by atoms with E-state index in [0.717, 1.165) is 48.0 Å². The normalized spacial score (nSPS) is 14.5. The summed E-state index contributed by atoms with van der Waals surface area (Å²) < 4.78 is 132. The largest absolute Gasteiger partial charge is 0.710 e. The van der Waals surface area contributed by atoms with Gasteiger partial charge < -0.3 is 0 Å². The van der Waals surface area contributed by atoms with Crippen LogP contribution < -0.4 is 0 Å². The third-order valence-electron chi connectivity index (χ3n) is 6.73. The fourth-order valence-corrected chi connectivity index (χ4v) is 4.50. The lowest BCUT2D eigenvalue weighted by atomic mass is 10.0. The van der Waals surface area contributed by atoms with E-state index in [0.29, 0.717) is 12.8 Å². The minimum atomic E-state index is -6.01. The lowest BCUT2D eigenvalue weighted by Crippen LogP contribution is -2.49. The number of halogens is 8. The van der Waals surface area contributed by atoms with Gasteiger partial charge in [-0.15, -0.1) is 0 Å². The molecule has 0 spiro atoms. The van der Waals surface area contributed by atoms with Crippen molar-refractivity contribution in [2.75, 3.05) is 0 Å². The Morgan fingerprint density at radius 2 is 0.771 bits per heavy atom. The molecule has 0 aliphatic heterocycles. The number of hydrogen-bond acceptors (Lipinski definition) is 5. The fourth-order valence-electron chi connectivity index (χ4n) is 3.85. The highest BCUT2D eigenvalue weighted by Crippen LogP contribution is 2.49. The van der Waals surface area contributed by atoms with E-state index in [2.05, 4.69) is 9.05 Å². The Hall–Kier alpha value is -2.76. The molecule has 272 valence electrons. The van der Waals surface area contributed by atoms with Gasteiger partial charge in [0.15, 0.2) is 0 Å². The summed E-state index contributed by atoms with van der Waals surface area (Å²) in [5, 5.41) is 0. The Kier molecular flexibility index (Phi) is 18.9. The van der Waals surface area contributed by atoms with E-state index in [1.807, 2.05) is 53.7 Å². The molecule has 0 rings (SSSR count).